The number of hydrogen-bond acceptors (Lipinski definition) is 2. The van der Waals surface area contributed by atoms with Gasteiger partial charge in [-0.3, -0.25) is 4.79 Å². The first kappa shape index (κ1) is 2.00. The Morgan fingerprint density at radius 2 is 2.64 bits per heavy atom. The highest BCUT2D eigenvalue weighted by molar-refractivity contribution is 5.67. The van der Waals surface area contributed by atoms with Gasteiger partial charge in [-0.05, 0) is 0 Å². The van der Waals surface area contributed by atoms with Crippen LogP contribution in [0.2, 0.25) is 0 Å². The van der Waals surface area contributed by atoms with E-state index in [-0.39, 0.29) is 0 Å². The van der Waals surface area contributed by atoms with Crippen LogP contribution in [-0.2, 0) is 4.79 Å². The van der Waals surface area contributed by atoms with Gasteiger partial charge in [-0.15, -0.1) is 0 Å². The van der Waals surface area contributed by atoms with E-state index in [0.29, 0.717) is 7.05 Å². The Hall–Kier alpha value is -0.610. The summed E-state index contributed by atoms with van der Waals surface area (Å²) in [5.74, 6) is -2.42. The van der Waals surface area contributed by atoms with Crippen LogP contribution in [0.1, 0.15) is 21.5 Å². The molecule has 4 heteroatoms. The van der Waals surface area contributed by atoms with Crippen LogP contribution >= 0.6 is 0 Å². The zero-order valence-corrected chi connectivity index (χ0v) is 5.71. The molecule has 0 fully saturated rings. The zero-order chi connectivity index (χ0) is 19.3. The van der Waals surface area contributed by atoms with Crippen LogP contribution in [0.3, 0.4) is 0 Å². The molecule has 0 rings (SSSR count). The average molecular weight is 174 g/mol. The third-order valence-corrected chi connectivity index (χ3v) is 0.546. The molecule has 0 radical (unpaired) electrons. The number of aliphatic hydroxyl groups is 1. The second-order valence-electron chi connectivity index (χ2n) is 1.88. The number of aliphatic carboxylic acids is 1. The Morgan fingerprint density at radius 1 is 2.00 bits per heavy atom. The van der Waals surface area contributed by atoms with E-state index in [4.69, 9.17) is 21.6 Å². The molecule has 1 atom stereocenters. The summed E-state index contributed by atoms with van der Waals surface area (Å²) in [7, 11) is 0.347. The largest absolute Gasteiger partial charge is 0.481 e. The van der Waals surface area contributed by atoms with Crippen molar-refractivity contribution in [3.63, 3.8) is 0 Å². The van der Waals surface area contributed by atoms with E-state index in [9.17, 15) is 4.79 Å². The molecule has 4 nitrogen and oxygen atoms in total. The van der Waals surface area contributed by atoms with Gasteiger partial charge >= 0.3 is 5.97 Å². The molecule has 0 aromatic carbocycles. The molecule has 0 saturated heterocycles. The summed E-state index contributed by atoms with van der Waals surface area (Å²) >= 11 is 0. The van der Waals surface area contributed by atoms with E-state index < -0.39 is 43.4 Å². The Balaban J connectivity index is 6.77. The summed E-state index contributed by atoms with van der Waals surface area (Å²) in [4.78, 5) is 11.0. The van der Waals surface area contributed by atoms with E-state index >= 15 is 0 Å². The number of likely N-dealkylation sites (N-methyl/N-ethyl adjacent to an activating group) is 1. The van der Waals surface area contributed by atoms with Crippen molar-refractivity contribution in [3.8, 4) is 0 Å². The smallest absolute Gasteiger partial charge is 0.306 e. The minimum atomic E-state index is -4.01. The Kier molecular flexibility index (Phi) is 0.671. The van der Waals surface area contributed by atoms with E-state index in [1.807, 2.05) is 0 Å². The molecule has 0 amide bonds. The molecule has 0 bridgehead atoms. The lowest BCUT2D eigenvalue weighted by molar-refractivity contribution is -0.873. The summed E-state index contributed by atoms with van der Waals surface area (Å²) in [5.41, 5.74) is 0. The van der Waals surface area contributed by atoms with Crippen LogP contribution in [0.4, 0.5) is 0 Å². The summed E-state index contributed by atoms with van der Waals surface area (Å²) in [6.45, 7) is -11.3. The monoisotopic (exact) mass is 174 g/mol. The van der Waals surface area contributed by atoms with Crippen LogP contribution in [0.5, 0.6) is 0 Å². The van der Waals surface area contributed by atoms with Crippen molar-refractivity contribution in [3.05, 3.63) is 0 Å². The standard InChI is InChI=1S/C7H15NO3/c1-8(2,3)5-6(9)4-7(10)11/h6,9H,4-5H2,1-3H3/p+1/t6-/m0/s1/i1D3,2D3,4D2,5D2,6D,9D. The number of rotatable bonds is 5. The van der Waals surface area contributed by atoms with Gasteiger partial charge in [-0.1, -0.05) is 0 Å². The molecule has 11 heavy (non-hydrogen) atoms. The van der Waals surface area contributed by atoms with E-state index in [1.54, 1.807) is 0 Å². The SMILES string of the molecule is [2H]O[C@@]([2H])(C([2H])([2H])C(=O)O)C([2H])([2H])[N+](C)(C([2H])([2H])[2H])C([2H])([2H])[2H]. The van der Waals surface area contributed by atoms with Crippen molar-refractivity contribution >= 4 is 5.97 Å². The molecule has 66 valence electrons. The lowest BCUT2D eigenvalue weighted by Gasteiger charge is -2.25. The quantitative estimate of drug-likeness (QED) is 0.554. The van der Waals surface area contributed by atoms with Crippen LogP contribution < -0.4 is 0 Å². The van der Waals surface area contributed by atoms with E-state index in [0.717, 1.165) is 0 Å². The molecule has 0 saturated carbocycles. The minimum absolute atomic E-state index is 0.347. The van der Waals surface area contributed by atoms with E-state index in [1.165, 1.54) is 0 Å². The molecule has 0 aliphatic rings. The van der Waals surface area contributed by atoms with Crippen molar-refractivity contribution in [2.75, 3.05) is 27.5 Å². The second-order valence-corrected chi connectivity index (χ2v) is 1.88. The summed E-state index contributed by atoms with van der Waals surface area (Å²) in [6, 6.07) is 0. The first-order chi connectivity index (χ1) is 9.75. The van der Waals surface area contributed by atoms with Crippen molar-refractivity contribution in [1.29, 1.82) is 1.43 Å². The van der Waals surface area contributed by atoms with Gasteiger partial charge in [0, 0.05) is 2.74 Å². The molecule has 0 aromatic heterocycles. The first-order valence-electron chi connectivity index (χ1n) is 8.41. The maximum Gasteiger partial charge on any atom is 0.306 e. The third-order valence-electron chi connectivity index (χ3n) is 0.546. The Bertz CT molecular complexity index is 456. The van der Waals surface area contributed by atoms with Gasteiger partial charge in [-0.2, -0.15) is 0 Å². The first-order valence-corrected chi connectivity index (χ1v) is 2.50. The van der Waals surface area contributed by atoms with Gasteiger partial charge < -0.3 is 14.7 Å². The predicted octanol–water partition coefficient (Wildman–Crippen LogP) is -0.472. The van der Waals surface area contributed by atoms with Gasteiger partial charge in [0.05, 0.1) is 39.7 Å². The van der Waals surface area contributed by atoms with Gasteiger partial charge in [0.25, 0.3) is 0 Å². The van der Waals surface area contributed by atoms with Crippen molar-refractivity contribution in [1.82, 2.24) is 0 Å². The summed E-state index contributed by atoms with van der Waals surface area (Å²) < 4.78 is 85.8. The number of carboxylic acid groups (broad SMARTS) is 1. The molecule has 0 aliphatic heterocycles. The molecule has 0 aromatic rings. The van der Waals surface area contributed by atoms with Crippen LogP contribution in [0.25, 0.3) is 0 Å². The minimum Gasteiger partial charge on any atom is -0.481 e. The Morgan fingerprint density at radius 3 is 3.00 bits per heavy atom. The fraction of sp³-hybridized carbons (Fsp3) is 0.857. The number of nitrogens with zero attached hydrogens (tertiary/aromatic N) is 1. The maximum absolute atomic E-state index is 11.0. The molecule has 0 heterocycles. The maximum atomic E-state index is 11.0. The third kappa shape index (κ3) is 7.29. The van der Waals surface area contributed by atoms with Crippen LogP contribution in [-0.4, -0.2) is 55.7 Å². The summed E-state index contributed by atoms with van der Waals surface area (Å²) in [5, 5.41) is 12.5. The van der Waals surface area contributed by atoms with E-state index in [2.05, 4.69) is 5.11 Å². The van der Waals surface area contributed by atoms with Crippen molar-refractivity contribution < 1.29 is 34.6 Å². The number of hydrogen-bond donors (Lipinski definition) is 2. The lowest BCUT2D eigenvalue weighted by atomic mass is 10.2. The highest BCUT2D eigenvalue weighted by Crippen LogP contribution is 1.98. The molecular weight excluding hydrogens is 146 g/mol. The molecule has 0 aliphatic carbocycles. The van der Waals surface area contributed by atoms with Crippen molar-refractivity contribution in [2.45, 2.75) is 12.5 Å². The molecule has 0 spiro atoms. The normalized spacial score (nSPS) is 38.3. The lowest BCUT2D eigenvalue weighted by Crippen LogP contribution is -2.42. The number of carboxylic acids is 1. The van der Waals surface area contributed by atoms with Crippen LogP contribution in [0.15, 0.2) is 0 Å². The fourth-order valence-electron chi connectivity index (χ4n) is 0.328. The Labute approximate surface area is 83.6 Å². The van der Waals surface area contributed by atoms with Crippen molar-refractivity contribution in [2.24, 2.45) is 0 Å². The predicted molar refractivity (Wildman–Crippen MR) is 41.2 cm³/mol. The van der Waals surface area contributed by atoms with Crippen LogP contribution in [0, 0.1) is 0 Å². The summed E-state index contributed by atoms with van der Waals surface area (Å²) in [6.07, 6.45) is -7.95. The molecular formula is C7H16NO3+. The fourth-order valence-corrected chi connectivity index (χ4v) is 0.328. The molecule has 2 N–H and O–H groups in total. The van der Waals surface area contributed by atoms with Gasteiger partial charge in [-0.25, -0.2) is 0 Å². The second kappa shape index (κ2) is 3.69. The highest BCUT2D eigenvalue weighted by atomic mass is 16.4. The highest BCUT2D eigenvalue weighted by Gasteiger charge is 2.17. The van der Waals surface area contributed by atoms with Gasteiger partial charge in [0.1, 0.15) is 12.6 Å². The number of quaternary nitrogens is 1. The molecule has 0 unspecified atom stereocenters. The number of carbonyl (C=O) groups is 1. The topological polar surface area (TPSA) is 57.5 Å². The van der Waals surface area contributed by atoms with Gasteiger partial charge in [0.15, 0.2) is 0 Å². The zero-order valence-electron chi connectivity index (χ0n) is 17.7. The average Bonchev–Trinajstić information content (AvgIpc) is 2.32. The van der Waals surface area contributed by atoms with Gasteiger partial charge in [0.2, 0.25) is 1.43 Å².